The van der Waals surface area contributed by atoms with Crippen LogP contribution >= 0.6 is 0 Å². The summed E-state index contributed by atoms with van der Waals surface area (Å²) < 4.78 is 15.2. The van der Waals surface area contributed by atoms with Crippen LogP contribution in [0.5, 0.6) is 0 Å². The second-order valence-electron chi connectivity index (χ2n) is 9.58. The van der Waals surface area contributed by atoms with E-state index in [-0.39, 0.29) is 23.5 Å². The number of hydrogen-bond donors (Lipinski definition) is 2. The third kappa shape index (κ3) is 2.21. The van der Waals surface area contributed by atoms with Crippen molar-refractivity contribution >= 4 is 11.6 Å². The summed E-state index contributed by atoms with van der Waals surface area (Å²) in [6.07, 6.45) is 4.98. The molecule has 4 aliphatic rings. The largest absolute Gasteiger partial charge is 0.388 e. The molecule has 0 bridgehead atoms. The molecule has 0 aliphatic heterocycles. The molecule has 0 spiro atoms. The number of Topliss-reactive ketones (excluding diaryl/α,β-unsaturated/α-hetero) is 1. The molecule has 148 valence electrons. The van der Waals surface area contributed by atoms with E-state index >= 15 is 4.39 Å². The van der Waals surface area contributed by atoms with Gasteiger partial charge in [-0.25, -0.2) is 4.39 Å². The molecule has 0 aromatic heterocycles. The van der Waals surface area contributed by atoms with Crippen molar-refractivity contribution < 1.29 is 24.2 Å². The molecule has 0 heterocycles. The van der Waals surface area contributed by atoms with Gasteiger partial charge in [-0.3, -0.25) is 9.59 Å². The molecule has 5 heteroatoms. The minimum atomic E-state index is -1.58. The van der Waals surface area contributed by atoms with Crippen LogP contribution in [-0.4, -0.2) is 40.2 Å². The summed E-state index contributed by atoms with van der Waals surface area (Å²) in [6, 6.07) is 0. The maximum atomic E-state index is 15.2. The van der Waals surface area contributed by atoms with Crippen LogP contribution in [0.1, 0.15) is 52.9 Å². The van der Waals surface area contributed by atoms with Crippen LogP contribution in [0, 0.1) is 28.6 Å². The summed E-state index contributed by atoms with van der Waals surface area (Å²) in [5.74, 6) is -0.864. The smallest absolute Gasteiger partial charge is 0.190 e. The lowest BCUT2D eigenvalue weighted by Crippen LogP contribution is -2.58. The van der Waals surface area contributed by atoms with Gasteiger partial charge in [0.15, 0.2) is 11.6 Å². The van der Waals surface area contributed by atoms with Gasteiger partial charge in [0, 0.05) is 17.3 Å². The predicted octanol–water partition coefficient (Wildman–Crippen LogP) is 2.92. The Morgan fingerprint density at radius 3 is 2.67 bits per heavy atom. The number of carbonyl (C=O) groups excluding carboxylic acids is 2. The highest BCUT2D eigenvalue weighted by Crippen LogP contribution is 2.67. The van der Waals surface area contributed by atoms with Crippen LogP contribution in [0.25, 0.3) is 0 Å². The topological polar surface area (TPSA) is 74.6 Å². The normalized spacial score (nSPS) is 48.9. The highest BCUT2D eigenvalue weighted by Gasteiger charge is 2.67. The first-order valence-electron chi connectivity index (χ1n) is 10.1. The Morgan fingerprint density at radius 1 is 1.30 bits per heavy atom. The number of carbonyl (C=O) groups is 2. The highest BCUT2D eigenvalue weighted by atomic mass is 19.1. The number of aliphatic hydroxyl groups excluding tert-OH is 1. The number of alkyl halides is 1. The molecule has 0 radical (unpaired) electrons. The van der Waals surface area contributed by atoms with E-state index in [9.17, 15) is 19.8 Å². The Balaban J connectivity index is 1.81. The lowest BCUT2D eigenvalue weighted by molar-refractivity contribution is -0.161. The van der Waals surface area contributed by atoms with Crippen LogP contribution in [0.3, 0.4) is 0 Å². The predicted molar refractivity (Wildman–Crippen MR) is 98.6 cm³/mol. The van der Waals surface area contributed by atoms with Crippen LogP contribution in [-0.2, 0) is 9.59 Å². The van der Waals surface area contributed by atoms with E-state index in [1.54, 1.807) is 0 Å². The molecule has 4 aliphatic carbocycles. The van der Waals surface area contributed by atoms with Crippen molar-refractivity contribution in [2.45, 2.75) is 64.6 Å². The van der Waals surface area contributed by atoms with Gasteiger partial charge in [-0.05, 0) is 55.1 Å². The molecular weight excluding hydrogens is 347 g/mol. The zero-order valence-corrected chi connectivity index (χ0v) is 16.3. The Labute approximate surface area is 159 Å². The third-order valence-corrected chi connectivity index (χ3v) is 8.47. The molecule has 1 unspecified atom stereocenters. The van der Waals surface area contributed by atoms with Gasteiger partial charge < -0.3 is 10.2 Å². The van der Waals surface area contributed by atoms with E-state index in [0.717, 1.165) is 0 Å². The number of rotatable bonds is 2. The van der Waals surface area contributed by atoms with E-state index in [2.05, 4.69) is 6.08 Å². The second kappa shape index (κ2) is 5.84. The SMILES string of the molecule is C[C@H]1C[C@H]2[C@@H]3CC(F)C4=CC(=O)CC[C@]4(C)C3=CC[C@]2(C)[C@@]1(O)C(=O)CO. The summed E-state index contributed by atoms with van der Waals surface area (Å²) in [7, 11) is 0. The molecule has 7 atom stereocenters. The number of aliphatic hydroxyl groups is 2. The Bertz CT molecular complexity index is 770. The summed E-state index contributed by atoms with van der Waals surface area (Å²) in [4.78, 5) is 24.4. The fourth-order valence-electron chi connectivity index (χ4n) is 6.92. The summed E-state index contributed by atoms with van der Waals surface area (Å²) >= 11 is 0. The fraction of sp³-hybridized carbons (Fsp3) is 0.727. The molecule has 0 amide bonds. The standard InChI is InChI=1S/C22H29FO4/c1-12-8-16-14-10-18(23)17-9-13(25)4-6-20(17,2)15(14)5-7-21(16,3)22(12,27)19(26)11-24/h5,9,12,14,16,18,24,27H,4,6-8,10-11H2,1-3H3/t12-,14+,16-,18?,20+,21-,22-/m0/s1. The Kier molecular flexibility index (Phi) is 4.11. The fourth-order valence-corrected chi connectivity index (χ4v) is 6.92. The quantitative estimate of drug-likeness (QED) is 0.727. The van der Waals surface area contributed by atoms with E-state index in [1.807, 2.05) is 20.8 Å². The Morgan fingerprint density at radius 2 is 2.00 bits per heavy atom. The van der Waals surface area contributed by atoms with Crippen molar-refractivity contribution in [1.82, 2.24) is 0 Å². The average molecular weight is 376 g/mol. The molecule has 2 fully saturated rings. The van der Waals surface area contributed by atoms with Crippen molar-refractivity contribution in [3.63, 3.8) is 0 Å². The summed E-state index contributed by atoms with van der Waals surface area (Å²) in [6.45, 7) is 5.15. The molecule has 0 saturated heterocycles. The maximum Gasteiger partial charge on any atom is 0.190 e. The minimum absolute atomic E-state index is 0.00206. The first-order valence-corrected chi connectivity index (χ1v) is 10.1. The van der Waals surface area contributed by atoms with Gasteiger partial charge in [-0.2, -0.15) is 0 Å². The summed E-state index contributed by atoms with van der Waals surface area (Å²) in [5, 5.41) is 20.8. The molecule has 2 N–H and O–H groups in total. The van der Waals surface area contributed by atoms with Gasteiger partial charge >= 0.3 is 0 Å². The lowest BCUT2D eigenvalue weighted by atomic mass is 9.50. The van der Waals surface area contributed by atoms with Crippen molar-refractivity contribution in [1.29, 1.82) is 0 Å². The lowest BCUT2D eigenvalue weighted by Gasteiger charge is -2.55. The Hall–Kier alpha value is -1.33. The number of ketones is 2. The van der Waals surface area contributed by atoms with Crippen molar-refractivity contribution in [3.8, 4) is 0 Å². The molecule has 0 aromatic carbocycles. The molecular formula is C22H29FO4. The molecule has 2 saturated carbocycles. The van der Waals surface area contributed by atoms with Crippen LogP contribution in [0.2, 0.25) is 0 Å². The second-order valence-corrected chi connectivity index (χ2v) is 9.58. The summed E-state index contributed by atoms with van der Waals surface area (Å²) in [5.41, 5.74) is -0.937. The van der Waals surface area contributed by atoms with Gasteiger partial charge in [0.2, 0.25) is 0 Å². The molecule has 0 aromatic rings. The molecule has 4 nitrogen and oxygen atoms in total. The van der Waals surface area contributed by atoms with Gasteiger partial charge in [0.05, 0.1) is 0 Å². The average Bonchev–Trinajstić information content (AvgIpc) is 2.84. The number of hydrogen-bond acceptors (Lipinski definition) is 4. The van der Waals surface area contributed by atoms with Gasteiger partial charge in [-0.1, -0.05) is 32.4 Å². The van der Waals surface area contributed by atoms with E-state index in [1.165, 1.54) is 11.6 Å². The van der Waals surface area contributed by atoms with E-state index in [0.29, 0.717) is 37.7 Å². The monoisotopic (exact) mass is 376 g/mol. The highest BCUT2D eigenvalue weighted by molar-refractivity contribution is 5.92. The van der Waals surface area contributed by atoms with E-state index in [4.69, 9.17) is 0 Å². The number of allylic oxidation sites excluding steroid dienone is 4. The van der Waals surface area contributed by atoms with Crippen LogP contribution < -0.4 is 0 Å². The first-order chi connectivity index (χ1) is 12.6. The zero-order valence-electron chi connectivity index (χ0n) is 16.3. The van der Waals surface area contributed by atoms with Crippen molar-refractivity contribution in [3.05, 3.63) is 23.3 Å². The number of halogens is 1. The number of fused-ring (bicyclic) bond motifs is 5. The maximum absolute atomic E-state index is 15.2. The zero-order chi connectivity index (χ0) is 19.8. The van der Waals surface area contributed by atoms with Crippen molar-refractivity contribution in [2.24, 2.45) is 28.6 Å². The molecule has 4 rings (SSSR count). The van der Waals surface area contributed by atoms with Crippen molar-refractivity contribution in [2.75, 3.05) is 6.61 Å². The third-order valence-electron chi connectivity index (χ3n) is 8.47. The first kappa shape index (κ1) is 19.0. The van der Waals surface area contributed by atoms with Crippen LogP contribution in [0.15, 0.2) is 23.3 Å². The van der Waals surface area contributed by atoms with Gasteiger partial charge in [-0.15, -0.1) is 0 Å². The minimum Gasteiger partial charge on any atom is -0.388 e. The van der Waals surface area contributed by atoms with Gasteiger partial charge in [0.1, 0.15) is 18.4 Å². The van der Waals surface area contributed by atoms with Gasteiger partial charge in [0.25, 0.3) is 0 Å². The van der Waals surface area contributed by atoms with E-state index < -0.39 is 35.0 Å². The van der Waals surface area contributed by atoms with Crippen LogP contribution in [0.4, 0.5) is 4.39 Å². The molecule has 27 heavy (non-hydrogen) atoms.